The Morgan fingerprint density at radius 2 is 1.80 bits per heavy atom. The summed E-state index contributed by atoms with van der Waals surface area (Å²) in [6.07, 6.45) is 10.5. The first-order valence-electron chi connectivity index (χ1n) is 8.84. The Morgan fingerprint density at radius 3 is 2.56 bits per heavy atom. The maximum atomic E-state index is 4.11. The van der Waals surface area contributed by atoms with Gasteiger partial charge in [0.05, 0.1) is 0 Å². The van der Waals surface area contributed by atoms with Crippen LogP contribution in [0.2, 0.25) is 0 Å². The quantitative estimate of drug-likeness (QED) is 0.421. The first-order valence-corrected chi connectivity index (χ1v) is 8.84. The number of rotatable bonds is 5. The number of hydrogen-bond acceptors (Lipinski definition) is 0. The smallest absolute Gasteiger partial charge is 0.0167 e. The van der Waals surface area contributed by atoms with Crippen LogP contribution < -0.4 is 0 Å². The fraction of sp³-hybridized carbons (Fsp3) is 0.160. The Labute approximate surface area is 151 Å². The van der Waals surface area contributed by atoms with Crippen LogP contribution in [0.3, 0.4) is 0 Å². The fourth-order valence-corrected chi connectivity index (χ4v) is 2.93. The van der Waals surface area contributed by atoms with Crippen molar-refractivity contribution in [3.8, 4) is 0 Å². The molecule has 0 nitrogen and oxygen atoms in total. The van der Waals surface area contributed by atoms with E-state index in [0.29, 0.717) is 0 Å². The van der Waals surface area contributed by atoms with Gasteiger partial charge < -0.3 is 0 Å². The van der Waals surface area contributed by atoms with Crippen molar-refractivity contribution in [3.63, 3.8) is 0 Å². The summed E-state index contributed by atoms with van der Waals surface area (Å²) in [5, 5.41) is 0. The third kappa shape index (κ3) is 4.38. The Bertz CT molecular complexity index is 898. The lowest BCUT2D eigenvalue weighted by atomic mass is 9.99. The van der Waals surface area contributed by atoms with E-state index in [9.17, 15) is 0 Å². The van der Waals surface area contributed by atoms with Crippen LogP contribution in [-0.4, -0.2) is 0 Å². The molecule has 1 aliphatic rings. The predicted molar refractivity (Wildman–Crippen MR) is 109 cm³/mol. The first kappa shape index (κ1) is 17.0. The zero-order valence-electron chi connectivity index (χ0n) is 15.0. The van der Waals surface area contributed by atoms with E-state index in [1.165, 1.54) is 33.4 Å². The summed E-state index contributed by atoms with van der Waals surface area (Å²) in [4.78, 5) is 0. The van der Waals surface area contributed by atoms with Crippen LogP contribution in [0, 0.1) is 0 Å². The molecule has 0 aliphatic heterocycles. The molecule has 3 rings (SSSR count). The van der Waals surface area contributed by atoms with Crippen molar-refractivity contribution in [2.24, 2.45) is 0 Å². The zero-order chi connectivity index (χ0) is 17.6. The molecule has 0 aromatic heterocycles. The molecule has 0 saturated heterocycles. The van der Waals surface area contributed by atoms with Crippen molar-refractivity contribution in [3.05, 3.63) is 112 Å². The van der Waals surface area contributed by atoms with Gasteiger partial charge in [0.1, 0.15) is 0 Å². The molecule has 2 aromatic carbocycles. The highest BCUT2D eigenvalue weighted by atomic mass is 14.1. The van der Waals surface area contributed by atoms with E-state index in [1.54, 1.807) is 0 Å². The normalized spacial score (nSPS) is 13.2. The van der Waals surface area contributed by atoms with Crippen molar-refractivity contribution in [1.29, 1.82) is 0 Å². The van der Waals surface area contributed by atoms with Gasteiger partial charge in [-0.25, -0.2) is 0 Å². The fourth-order valence-electron chi connectivity index (χ4n) is 2.93. The molecule has 0 unspecified atom stereocenters. The van der Waals surface area contributed by atoms with Crippen LogP contribution in [0.4, 0.5) is 0 Å². The lowest BCUT2D eigenvalue weighted by Crippen LogP contribution is -1.90. The van der Waals surface area contributed by atoms with Crippen molar-refractivity contribution in [1.82, 2.24) is 0 Å². The van der Waals surface area contributed by atoms with Gasteiger partial charge in [-0.15, -0.1) is 5.73 Å². The summed E-state index contributed by atoms with van der Waals surface area (Å²) in [7, 11) is 0. The molecule has 124 valence electrons. The Kier molecular flexibility index (Phi) is 5.33. The second kappa shape index (κ2) is 7.83. The van der Waals surface area contributed by atoms with Crippen molar-refractivity contribution < 1.29 is 0 Å². The number of benzene rings is 2. The number of fused-ring (bicyclic) bond motifs is 1. The summed E-state index contributed by atoms with van der Waals surface area (Å²) in [6, 6.07) is 17.3. The van der Waals surface area contributed by atoms with Gasteiger partial charge in [-0.05, 0) is 65.8 Å². The predicted octanol–water partition coefficient (Wildman–Crippen LogP) is 6.76. The van der Waals surface area contributed by atoms with E-state index in [1.807, 2.05) is 0 Å². The van der Waals surface area contributed by atoms with Crippen LogP contribution in [0.15, 0.2) is 89.7 Å². The minimum absolute atomic E-state index is 0.960. The molecular weight excluding hydrogens is 300 g/mol. The van der Waals surface area contributed by atoms with E-state index in [2.05, 4.69) is 99.0 Å². The van der Waals surface area contributed by atoms with Gasteiger partial charge in [-0.2, -0.15) is 0 Å². The monoisotopic (exact) mass is 324 g/mol. The summed E-state index contributed by atoms with van der Waals surface area (Å²) < 4.78 is 0. The molecule has 0 saturated carbocycles. The summed E-state index contributed by atoms with van der Waals surface area (Å²) in [6.45, 7) is 8.36. The summed E-state index contributed by atoms with van der Waals surface area (Å²) in [5.74, 6) is 0. The maximum Gasteiger partial charge on any atom is 0.0167 e. The SMILES string of the molecule is C=C(CC)/C(C)=C/C1=C=Cc2ccc(Cc3ccccc3)cc2C=C1. The highest BCUT2D eigenvalue weighted by Crippen LogP contribution is 2.22. The van der Waals surface area contributed by atoms with Gasteiger partial charge in [-0.1, -0.05) is 73.7 Å². The standard InChI is InChI=1S/C25H24/c1-4-19(2)20(3)16-22-10-13-24-14-12-23(18-25(24)15-11-22)17-21-8-6-5-7-9-21/h5-9,11-16,18H,2,4,17H2,1,3H3/b20-16+. The third-order valence-electron chi connectivity index (χ3n) is 4.60. The van der Waals surface area contributed by atoms with E-state index in [0.717, 1.165) is 18.4 Å². The minimum Gasteiger partial charge on any atom is -0.112 e. The minimum atomic E-state index is 0.960. The molecule has 0 heteroatoms. The molecule has 0 radical (unpaired) electrons. The van der Waals surface area contributed by atoms with Crippen LogP contribution in [0.5, 0.6) is 0 Å². The van der Waals surface area contributed by atoms with E-state index < -0.39 is 0 Å². The first-order chi connectivity index (χ1) is 12.2. The van der Waals surface area contributed by atoms with E-state index >= 15 is 0 Å². The third-order valence-corrected chi connectivity index (χ3v) is 4.60. The van der Waals surface area contributed by atoms with Gasteiger partial charge in [0.25, 0.3) is 0 Å². The molecule has 0 heterocycles. The molecule has 0 amide bonds. The molecule has 0 fully saturated rings. The molecule has 2 aromatic rings. The van der Waals surface area contributed by atoms with Crippen molar-refractivity contribution >= 4 is 12.2 Å². The lowest BCUT2D eigenvalue weighted by Gasteiger charge is -2.06. The van der Waals surface area contributed by atoms with Gasteiger partial charge in [0.2, 0.25) is 0 Å². The summed E-state index contributed by atoms with van der Waals surface area (Å²) in [5.41, 5.74) is 12.0. The zero-order valence-corrected chi connectivity index (χ0v) is 15.0. The van der Waals surface area contributed by atoms with Crippen LogP contribution >= 0.6 is 0 Å². The highest BCUT2D eigenvalue weighted by Gasteiger charge is 2.04. The van der Waals surface area contributed by atoms with Crippen LogP contribution in [0.25, 0.3) is 12.2 Å². The van der Waals surface area contributed by atoms with Crippen molar-refractivity contribution in [2.75, 3.05) is 0 Å². The molecule has 25 heavy (non-hydrogen) atoms. The Balaban J connectivity index is 1.84. The molecule has 0 atom stereocenters. The average molecular weight is 324 g/mol. The number of allylic oxidation sites excluding steroid dienone is 5. The van der Waals surface area contributed by atoms with E-state index in [-0.39, 0.29) is 0 Å². The maximum absolute atomic E-state index is 4.11. The second-order valence-electron chi connectivity index (χ2n) is 6.49. The van der Waals surface area contributed by atoms with E-state index in [4.69, 9.17) is 0 Å². The van der Waals surface area contributed by atoms with Gasteiger partial charge >= 0.3 is 0 Å². The highest BCUT2D eigenvalue weighted by molar-refractivity contribution is 5.71. The second-order valence-corrected chi connectivity index (χ2v) is 6.49. The Morgan fingerprint density at radius 1 is 1.00 bits per heavy atom. The Hall–Kier alpha value is -2.82. The molecule has 1 aliphatic carbocycles. The van der Waals surface area contributed by atoms with Crippen LogP contribution in [-0.2, 0) is 6.42 Å². The van der Waals surface area contributed by atoms with Gasteiger partial charge in [0, 0.05) is 5.57 Å². The molecule has 0 spiro atoms. The lowest BCUT2D eigenvalue weighted by molar-refractivity contribution is 1.11. The molecule has 0 N–H and O–H groups in total. The topological polar surface area (TPSA) is 0 Å². The average Bonchev–Trinajstić information content (AvgIpc) is 2.84. The van der Waals surface area contributed by atoms with Crippen molar-refractivity contribution in [2.45, 2.75) is 26.7 Å². The summed E-state index contributed by atoms with van der Waals surface area (Å²) >= 11 is 0. The largest absolute Gasteiger partial charge is 0.112 e. The van der Waals surface area contributed by atoms with Gasteiger partial charge in [-0.3, -0.25) is 0 Å². The van der Waals surface area contributed by atoms with Gasteiger partial charge in [0.15, 0.2) is 0 Å². The van der Waals surface area contributed by atoms with Crippen LogP contribution in [0.1, 0.15) is 42.5 Å². The molecular formula is C25H24. The number of hydrogen-bond donors (Lipinski definition) is 0. The molecule has 0 bridgehead atoms.